The van der Waals surface area contributed by atoms with Crippen LogP contribution in [0.4, 0.5) is 0 Å². The van der Waals surface area contributed by atoms with Gasteiger partial charge in [0.1, 0.15) is 0 Å². The molecule has 0 saturated heterocycles. The second-order valence-corrected chi connectivity index (χ2v) is 7.36. The maximum absolute atomic E-state index is 12.1. The predicted octanol–water partition coefficient (Wildman–Crippen LogP) is 2.05. The molecule has 1 N–H and O–H groups in total. The van der Waals surface area contributed by atoms with E-state index in [1.54, 1.807) is 0 Å². The first-order valence-corrected chi connectivity index (χ1v) is 8.61. The lowest BCUT2D eigenvalue weighted by molar-refractivity contribution is -0.120. The van der Waals surface area contributed by atoms with Gasteiger partial charge in [-0.2, -0.15) is 0 Å². The van der Waals surface area contributed by atoms with Gasteiger partial charge in [-0.15, -0.1) is 0 Å². The minimum absolute atomic E-state index is 0.00432. The van der Waals surface area contributed by atoms with Crippen molar-refractivity contribution in [1.29, 1.82) is 0 Å². The largest absolute Gasteiger partial charge is 0.356 e. The first kappa shape index (κ1) is 16.7. The summed E-state index contributed by atoms with van der Waals surface area (Å²) in [5.74, 6) is -0.316. The molecule has 0 heterocycles. The van der Waals surface area contributed by atoms with Crippen molar-refractivity contribution >= 4 is 15.7 Å². The number of aryl methyl sites for hydroxylation is 3. The van der Waals surface area contributed by atoms with Gasteiger partial charge >= 0.3 is 0 Å². The van der Waals surface area contributed by atoms with E-state index >= 15 is 0 Å². The zero-order chi connectivity index (χ0) is 15.3. The summed E-state index contributed by atoms with van der Waals surface area (Å²) in [6.45, 7) is 8.18. The van der Waals surface area contributed by atoms with Crippen molar-refractivity contribution in [2.24, 2.45) is 0 Å². The third-order valence-corrected chi connectivity index (χ3v) is 4.77. The molecule has 0 unspecified atom stereocenters. The van der Waals surface area contributed by atoms with Gasteiger partial charge in [-0.1, -0.05) is 17.7 Å². The topological polar surface area (TPSA) is 63.2 Å². The molecule has 20 heavy (non-hydrogen) atoms. The Bertz CT molecular complexity index is 568. The summed E-state index contributed by atoms with van der Waals surface area (Å²) in [6, 6.07) is 3.98. The highest BCUT2D eigenvalue weighted by molar-refractivity contribution is 7.90. The Hall–Kier alpha value is -1.36. The van der Waals surface area contributed by atoms with Gasteiger partial charge in [0.2, 0.25) is 5.91 Å². The number of rotatable bonds is 6. The van der Waals surface area contributed by atoms with E-state index in [9.17, 15) is 13.2 Å². The average molecular weight is 297 g/mol. The third kappa shape index (κ3) is 4.96. The fraction of sp³-hybridized carbons (Fsp3) is 0.533. The summed E-state index contributed by atoms with van der Waals surface area (Å²) >= 11 is 0. The highest BCUT2D eigenvalue weighted by atomic mass is 32.2. The third-order valence-electron chi connectivity index (χ3n) is 3.22. The molecule has 4 nitrogen and oxygen atoms in total. The molecule has 0 aromatic heterocycles. The second-order valence-electron chi connectivity index (χ2n) is 5.17. The van der Waals surface area contributed by atoms with Crippen LogP contribution in [0.2, 0.25) is 0 Å². The summed E-state index contributed by atoms with van der Waals surface area (Å²) in [5, 5.41) is 2.61. The van der Waals surface area contributed by atoms with Crippen molar-refractivity contribution in [3.8, 4) is 0 Å². The molecule has 1 aromatic rings. The Labute approximate surface area is 121 Å². The van der Waals surface area contributed by atoms with Gasteiger partial charge in [0.05, 0.1) is 11.5 Å². The Morgan fingerprint density at radius 3 is 2.20 bits per heavy atom. The van der Waals surface area contributed by atoms with E-state index < -0.39 is 9.84 Å². The van der Waals surface area contributed by atoms with E-state index in [0.717, 1.165) is 22.3 Å². The van der Waals surface area contributed by atoms with Crippen LogP contribution >= 0.6 is 0 Å². The van der Waals surface area contributed by atoms with Gasteiger partial charge in [0.25, 0.3) is 0 Å². The Kier molecular flexibility index (Phi) is 5.74. The van der Waals surface area contributed by atoms with E-state index in [1.165, 1.54) is 0 Å². The van der Waals surface area contributed by atoms with Crippen LogP contribution in [0, 0.1) is 20.8 Å². The molecular formula is C15H23NO3S. The highest BCUT2D eigenvalue weighted by Gasteiger charge is 2.17. The maximum atomic E-state index is 12.1. The molecule has 0 aliphatic carbocycles. The number of hydrogen-bond acceptors (Lipinski definition) is 3. The Morgan fingerprint density at radius 1 is 1.15 bits per heavy atom. The van der Waals surface area contributed by atoms with Crippen molar-refractivity contribution in [3.05, 3.63) is 34.4 Å². The molecule has 0 fully saturated rings. The molecule has 0 aliphatic heterocycles. The second kappa shape index (κ2) is 6.88. The predicted molar refractivity (Wildman–Crippen MR) is 81.4 cm³/mol. The van der Waals surface area contributed by atoms with Gasteiger partial charge in [-0.25, -0.2) is 8.42 Å². The zero-order valence-corrected chi connectivity index (χ0v) is 13.4. The number of carbonyl (C=O) groups excluding carboxylic acids is 1. The number of sulfone groups is 1. The number of nitrogens with one attached hydrogen (secondary N) is 1. The Balaban J connectivity index is 2.79. The molecule has 0 spiro atoms. The average Bonchev–Trinajstić information content (AvgIpc) is 2.32. The number of carbonyl (C=O) groups is 1. The van der Waals surface area contributed by atoms with E-state index in [0.29, 0.717) is 6.54 Å². The molecule has 0 saturated carbocycles. The van der Waals surface area contributed by atoms with Crippen LogP contribution in [0.15, 0.2) is 12.1 Å². The summed E-state index contributed by atoms with van der Waals surface area (Å²) in [4.78, 5) is 11.3. The van der Waals surface area contributed by atoms with Crippen LogP contribution in [0.3, 0.4) is 0 Å². The standard InChI is InChI=1S/C15H23NO3S/c1-5-16-15(17)6-7-20(18,19)10-14-12(3)8-11(2)9-13(14)4/h8-9H,5-7,10H2,1-4H3,(H,16,17). The Morgan fingerprint density at radius 2 is 1.70 bits per heavy atom. The first-order valence-electron chi connectivity index (χ1n) is 6.79. The quantitative estimate of drug-likeness (QED) is 0.874. The fourth-order valence-electron chi connectivity index (χ4n) is 2.26. The van der Waals surface area contributed by atoms with E-state index in [1.807, 2.05) is 39.8 Å². The van der Waals surface area contributed by atoms with E-state index in [4.69, 9.17) is 0 Å². The molecule has 0 radical (unpaired) electrons. The van der Waals surface area contributed by atoms with Crippen molar-refractivity contribution in [2.45, 2.75) is 39.9 Å². The van der Waals surface area contributed by atoms with Crippen molar-refractivity contribution in [1.82, 2.24) is 5.32 Å². The van der Waals surface area contributed by atoms with Gasteiger partial charge in [-0.05, 0) is 44.4 Å². The molecule has 112 valence electrons. The van der Waals surface area contributed by atoms with Crippen LogP contribution in [0.25, 0.3) is 0 Å². The van der Waals surface area contributed by atoms with Gasteiger partial charge in [0, 0.05) is 13.0 Å². The summed E-state index contributed by atoms with van der Waals surface area (Å²) < 4.78 is 24.2. The van der Waals surface area contributed by atoms with Gasteiger partial charge in [0.15, 0.2) is 9.84 Å². The maximum Gasteiger partial charge on any atom is 0.221 e. The minimum Gasteiger partial charge on any atom is -0.356 e. The van der Waals surface area contributed by atoms with Crippen molar-refractivity contribution in [3.63, 3.8) is 0 Å². The summed E-state index contributed by atoms with van der Waals surface area (Å²) in [6.07, 6.45) is 0.0279. The molecule has 0 bridgehead atoms. The van der Waals surface area contributed by atoms with Crippen LogP contribution in [-0.4, -0.2) is 26.6 Å². The van der Waals surface area contributed by atoms with E-state index in [2.05, 4.69) is 5.32 Å². The first-order chi connectivity index (χ1) is 9.25. The monoisotopic (exact) mass is 297 g/mol. The lowest BCUT2D eigenvalue weighted by Gasteiger charge is -2.12. The molecule has 0 atom stereocenters. The van der Waals surface area contributed by atoms with Gasteiger partial charge < -0.3 is 5.32 Å². The smallest absolute Gasteiger partial charge is 0.221 e. The molecule has 1 aromatic carbocycles. The molecular weight excluding hydrogens is 274 g/mol. The molecule has 1 amide bonds. The van der Waals surface area contributed by atoms with Crippen LogP contribution < -0.4 is 5.32 Å². The number of amides is 1. The fourth-order valence-corrected chi connectivity index (χ4v) is 3.80. The van der Waals surface area contributed by atoms with Gasteiger partial charge in [-0.3, -0.25) is 4.79 Å². The van der Waals surface area contributed by atoms with Crippen LogP contribution in [-0.2, 0) is 20.4 Å². The number of benzene rings is 1. The van der Waals surface area contributed by atoms with Crippen LogP contribution in [0.1, 0.15) is 35.6 Å². The normalized spacial score (nSPS) is 11.4. The molecule has 0 aliphatic rings. The minimum atomic E-state index is -3.27. The number of hydrogen-bond donors (Lipinski definition) is 1. The SMILES string of the molecule is CCNC(=O)CCS(=O)(=O)Cc1c(C)cc(C)cc1C. The molecule has 1 rings (SSSR count). The summed E-state index contributed by atoms with van der Waals surface area (Å²) in [7, 11) is -3.27. The van der Waals surface area contributed by atoms with E-state index in [-0.39, 0.29) is 23.8 Å². The lowest BCUT2D eigenvalue weighted by Crippen LogP contribution is -2.25. The summed E-state index contributed by atoms with van der Waals surface area (Å²) in [5.41, 5.74) is 3.96. The lowest BCUT2D eigenvalue weighted by atomic mass is 10.0. The zero-order valence-electron chi connectivity index (χ0n) is 12.6. The highest BCUT2D eigenvalue weighted by Crippen LogP contribution is 2.19. The van der Waals surface area contributed by atoms with Crippen LogP contribution in [0.5, 0.6) is 0 Å². The molecule has 5 heteroatoms. The van der Waals surface area contributed by atoms with Crippen molar-refractivity contribution < 1.29 is 13.2 Å². The van der Waals surface area contributed by atoms with Crippen molar-refractivity contribution in [2.75, 3.05) is 12.3 Å².